The van der Waals surface area contributed by atoms with Gasteiger partial charge in [-0.2, -0.15) is 0 Å². The Kier molecular flexibility index (Phi) is 4.50. The van der Waals surface area contributed by atoms with Crippen LogP contribution in [0.3, 0.4) is 0 Å². The van der Waals surface area contributed by atoms with E-state index in [1.54, 1.807) is 0 Å². The molecule has 1 aromatic rings. The standard InChI is InChI=1S/C14H19ClN2O3/c1-9-2-4-14(20,5-3-9)8-17-12-11(15)6-10(7-16-12)13(18)19/h6-7,9,20H,2-5,8H2,1H3,(H,16,17)(H,18,19). The predicted molar refractivity (Wildman–Crippen MR) is 77.3 cm³/mol. The monoisotopic (exact) mass is 298 g/mol. The van der Waals surface area contributed by atoms with E-state index in [0.717, 1.165) is 25.7 Å². The lowest BCUT2D eigenvalue weighted by Gasteiger charge is -2.35. The molecule has 3 N–H and O–H groups in total. The quantitative estimate of drug-likeness (QED) is 0.796. The van der Waals surface area contributed by atoms with Crippen LogP contribution in [0.25, 0.3) is 0 Å². The summed E-state index contributed by atoms with van der Waals surface area (Å²) in [6.45, 7) is 2.56. The number of nitrogens with zero attached hydrogens (tertiary/aromatic N) is 1. The molecule has 0 saturated heterocycles. The van der Waals surface area contributed by atoms with Crippen LogP contribution in [0.2, 0.25) is 5.02 Å². The third kappa shape index (κ3) is 3.61. The van der Waals surface area contributed by atoms with Gasteiger partial charge in [-0.25, -0.2) is 9.78 Å². The topological polar surface area (TPSA) is 82.5 Å². The van der Waals surface area contributed by atoms with E-state index in [-0.39, 0.29) is 10.6 Å². The van der Waals surface area contributed by atoms with E-state index in [9.17, 15) is 9.90 Å². The fraction of sp³-hybridized carbons (Fsp3) is 0.571. The number of pyridine rings is 1. The number of hydrogen-bond acceptors (Lipinski definition) is 4. The molecule has 1 saturated carbocycles. The van der Waals surface area contributed by atoms with Gasteiger partial charge in [-0.15, -0.1) is 0 Å². The Morgan fingerprint density at radius 2 is 2.20 bits per heavy atom. The summed E-state index contributed by atoms with van der Waals surface area (Å²) in [7, 11) is 0. The second-order valence-corrected chi connectivity index (χ2v) is 6.03. The number of aromatic nitrogens is 1. The first-order valence-corrected chi connectivity index (χ1v) is 7.12. The summed E-state index contributed by atoms with van der Waals surface area (Å²) < 4.78 is 0. The summed E-state index contributed by atoms with van der Waals surface area (Å²) in [5.74, 6) is 0.00129. The van der Waals surface area contributed by atoms with Crippen LogP contribution < -0.4 is 5.32 Å². The van der Waals surface area contributed by atoms with Gasteiger partial charge in [-0.05, 0) is 37.7 Å². The Morgan fingerprint density at radius 1 is 1.55 bits per heavy atom. The van der Waals surface area contributed by atoms with E-state index in [0.29, 0.717) is 18.3 Å². The molecule has 0 amide bonds. The molecule has 5 nitrogen and oxygen atoms in total. The molecule has 1 aromatic heterocycles. The largest absolute Gasteiger partial charge is 0.478 e. The lowest BCUT2D eigenvalue weighted by Crippen LogP contribution is -2.40. The Labute approximate surface area is 123 Å². The lowest BCUT2D eigenvalue weighted by molar-refractivity contribution is 0.00494. The van der Waals surface area contributed by atoms with Gasteiger partial charge in [-0.3, -0.25) is 0 Å². The Morgan fingerprint density at radius 3 is 2.75 bits per heavy atom. The molecule has 0 atom stereocenters. The third-order valence-corrected chi connectivity index (χ3v) is 4.17. The van der Waals surface area contributed by atoms with Crippen LogP contribution in [-0.4, -0.2) is 33.3 Å². The van der Waals surface area contributed by atoms with Crippen molar-refractivity contribution >= 4 is 23.4 Å². The van der Waals surface area contributed by atoms with E-state index < -0.39 is 11.6 Å². The average molecular weight is 299 g/mol. The predicted octanol–water partition coefficient (Wildman–Crippen LogP) is 2.79. The molecule has 0 spiro atoms. The van der Waals surface area contributed by atoms with Crippen LogP contribution >= 0.6 is 11.6 Å². The molecule has 0 radical (unpaired) electrons. The smallest absolute Gasteiger partial charge is 0.337 e. The number of hydrogen-bond donors (Lipinski definition) is 3. The van der Waals surface area contributed by atoms with Crippen LogP contribution in [0.4, 0.5) is 5.82 Å². The maximum Gasteiger partial charge on any atom is 0.337 e. The molecule has 0 unspecified atom stereocenters. The molecular formula is C14H19ClN2O3. The van der Waals surface area contributed by atoms with E-state index in [4.69, 9.17) is 16.7 Å². The fourth-order valence-corrected chi connectivity index (χ4v) is 2.64. The Hall–Kier alpha value is -1.33. The minimum atomic E-state index is -1.06. The SMILES string of the molecule is CC1CCC(O)(CNc2ncc(C(=O)O)cc2Cl)CC1. The molecule has 1 fully saturated rings. The van der Waals surface area contributed by atoms with Crippen LogP contribution in [0.15, 0.2) is 12.3 Å². The van der Waals surface area contributed by atoms with Gasteiger partial charge in [0.15, 0.2) is 0 Å². The maximum atomic E-state index is 10.8. The van der Waals surface area contributed by atoms with E-state index in [2.05, 4.69) is 17.2 Å². The van der Waals surface area contributed by atoms with Crippen LogP contribution in [0.1, 0.15) is 43.0 Å². The maximum absolute atomic E-state index is 10.8. The summed E-state index contributed by atoms with van der Waals surface area (Å²) in [5, 5.41) is 22.6. The highest BCUT2D eigenvalue weighted by atomic mass is 35.5. The summed E-state index contributed by atoms with van der Waals surface area (Å²) in [6, 6.07) is 1.35. The van der Waals surface area contributed by atoms with Gasteiger partial charge in [0.2, 0.25) is 0 Å². The number of aliphatic hydroxyl groups is 1. The Bertz CT molecular complexity index is 499. The van der Waals surface area contributed by atoms with Crippen LogP contribution in [0, 0.1) is 5.92 Å². The van der Waals surface area contributed by atoms with Crippen LogP contribution in [0.5, 0.6) is 0 Å². The van der Waals surface area contributed by atoms with Gasteiger partial charge in [0.05, 0.1) is 16.2 Å². The number of aromatic carboxylic acids is 1. The minimum Gasteiger partial charge on any atom is -0.478 e. The van der Waals surface area contributed by atoms with Gasteiger partial charge in [-0.1, -0.05) is 18.5 Å². The first-order valence-electron chi connectivity index (χ1n) is 6.75. The highest BCUT2D eigenvalue weighted by molar-refractivity contribution is 6.33. The number of carboxylic acids is 1. The van der Waals surface area contributed by atoms with E-state index in [1.807, 2.05) is 0 Å². The minimum absolute atomic E-state index is 0.0470. The molecule has 1 aliphatic rings. The van der Waals surface area contributed by atoms with Crippen molar-refractivity contribution in [1.29, 1.82) is 0 Å². The molecule has 110 valence electrons. The highest BCUT2D eigenvalue weighted by Crippen LogP contribution is 2.32. The van der Waals surface area contributed by atoms with Gasteiger partial charge in [0, 0.05) is 12.7 Å². The zero-order valence-electron chi connectivity index (χ0n) is 11.4. The van der Waals surface area contributed by atoms with Crippen molar-refractivity contribution in [3.63, 3.8) is 0 Å². The van der Waals surface area contributed by atoms with Gasteiger partial charge < -0.3 is 15.5 Å². The number of anilines is 1. The van der Waals surface area contributed by atoms with Crippen molar-refractivity contribution in [3.8, 4) is 0 Å². The normalized spacial score (nSPS) is 26.2. The van der Waals surface area contributed by atoms with E-state index >= 15 is 0 Å². The van der Waals surface area contributed by atoms with Crippen molar-refractivity contribution in [2.75, 3.05) is 11.9 Å². The average Bonchev–Trinajstić information content (AvgIpc) is 2.41. The zero-order chi connectivity index (χ0) is 14.8. The number of halogens is 1. The summed E-state index contributed by atoms with van der Waals surface area (Å²) in [6.07, 6.45) is 4.79. The van der Waals surface area contributed by atoms with Crippen molar-refractivity contribution in [1.82, 2.24) is 4.98 Å². The molecule has 0 bridgehead atoms. The van der Waals surface area contributed by atoms with Crippen molar-refractivity contribution in [2.45, 2.75) is 38.2 Å². The molecule has 20 heavy (non-hydrogen) atoms. The molecule has 2 rings (SSSR count). The number of rotatable bonds is 4. The second-order valence-electron chi connectivity index (χ2n) is 5.62. The first kappa shape index (κ1) is 15.1. The molecule has 1 aliphatic carbocycles. The van der Waals surface area contributed by atoms with Gasteiger partial charge >= 0.3 is 5.97 Å². The zero-order valence-corrected chi connectivity index (χ0v) is 12.2. The van der Waals surface area contributed by atoms with Crippen molar-refractivity contribution in [2.24, 2.45) is 5.92 Å². The lowest BCUT2D eigenvalue weighted by atomic mass is 9.79. The molecule has 1 heterocycles. The highest BCUT2D eigenvalue weighted by Gasteiger charge is 2.31. The molecule has 0 aliphatic heterocycles. The van der Waals surface area contributed by atoms with Gasteiger partial charge in [0.1, 0.15) is 5.82 Å². The van der Waals surface area contributed by atoms with Crippen molar-refractivity contribution in [3.05, 3.63) is 22.8 Å². The molecule has 6 heteroatoms. The number of carbonyl (C=O) groups is 1. The first-order chi connectivity index (χ1) is 9.39. The Balaban J connectivity index is 1.99. The van der Waals surface area contributed by atoms with Gasteiger partial charge in [0.25, 0.3) is 0 Å². The summed E-state index contributed by atoms with van der Waals surface area (Å²) in [4.78, 5) is 14.8. The van der Waals surface area contributed by atoms with E-state index in [1.165, 1.54) is 12.3 Å². The number of nitrogens with one attached hydrogen (secondary N) is 1. The third-order valence-electron chi connectivity index (χ3n) is 3.88. The van der Waals surface area contributed by atoms with Crippen molar-refractivity contribution < 1.29 is 15.0 Å². The molecule has 0 aromatic carbocycles. The summed E-state index contributed by atoms with van der Waals surface area (Å²) in [5.41, 5.74) is -0.686. The molecular weight excluding hydrogens is 280 g/mol. The summed E-state index contributed by atoms with van der Waals surface area (Å²) >= 11 is 5.99. The fourth-order valence-electron chi connectivity index (χ4n) is 2.41. The van der Waals surface area contributed by atoms with Crippen LogP contribution in [-0.2, 0) is 0 Å². The second kappa shape index (κ2) is 5.97. The number of carboxylic acid groups (broad SMARTS) is 1.